The Morgan fingerprint density at radius 3 is 2.26 bits per heavy atom. The highest BCUT2D eigenvalue weighted by molar-refractivity contribution is 6.62. The summed E-state index contributed by atoms with van der Waals surface area (Å²) in [5, 5.41) is 0. The van der Waals surface area contributed by atoms with Crippen LogP contribution in [0.1, 0.15) is 64.9 Å². The van der Waals surface area contributed by atoms with Crippen molar-refractivity contribution in [2.24, 2.45) is 0 Å². The molecule has 3 fully saturated rings. The molecule has 4 nitrogen and oxygen atoms in total. The van der Waals surface area contributed by atoms with Crippen LogP contribution in [-0.4, -0.2) is 36.4 Å². The molecule has 124 valence electrons. The van der Waals surface area contributed by atoms with Gasteiger partial charge in [0.15, 0.2) is 0 Å². The third-order valence-corrected chi connectivity index (χ3v) is 5.86. The number of hydrogen-bond acceptors (Lipinski definition) is 4. The van der Waals surface area contributed by atoms with Crippen LogP contribution in [0.3, 0.4) is 0 Å². The predicted molar refractivity (Wildman–Crippen MR) is 93.4 cm³/mol. The fraction of sp³-hybridized carbons (Fsp3) is 0.722. The van der Waals surface area contributed by atoms with Gasteiger partial charge in [0, 0.05) is 24.7 Å². The molecule has 3 aliphatic rings. The van der Waals surface area contributed by atoms with Crippen molar-refractivity contribution in [1.29, 1.82) is 0 Å². The van der Waals surface area contributed by atoms with E-state index in [9.17, 15) is 0 Å². The van der Waals surface area contributed by atoms with E-state index in [1.807, 2.05) is 6.20 Å². The minimum atomic E-state index is -0.308. The van der Waals surface area contributed by atoms with Crippen molar-refractivity contribution in [2.45, 2.75) is 70.5 Å². The van der Waals surface area contributed by atoms with Gasteiger partial charge in [-0.15, -0.1) is 0 Å². The molecule has 1 aromatic heterocycles. The van der Waals surface area contributed by atoms with Gasteiger partial charge in [-0.05, 0) is 64.9 Å². The van der Waals surface area contributed by atoms with Crippen LogP contribution in [0, 0.1) is 0 Å². The number of rotatable bonds is 3. The number of nitrogens with zero attached hydrogens (tertiary/aromatic N) is 2. The van der Waals surface area contributed by atoms with E-state index in [-0.39, 0.29) is 18.3 Å². The maximum absolute atomic E-state index is 6.19. The van der Waals surface area contributed by atoms with Crippen LogP contribution in [0.5, 0.6) is 0 Å². The summed E-state index contributed by atoms with van der Waals surface area (Å²) in [6.45, 7) is 10.7. The Bertz CT molecular complexity index is 591. The van der Waals surface area contributed by atoms with Crippen LogP contribution in [0.15, 0.2) is 12.3 Å². The second-order valence-electron chi connectivity index (χ2n) is 8.24. The van der Waals surface area contributed by atoms with E-state index in [4.69, 9.17) is 14.3 Å². The molecule has 0 spiro atoms. The molecule has 0 N–H and O–H groups in total. The van der Waals surface area contributed by atoms with Gasteiger partial charge in [0.1, 0.15) is 5.82 Å². The molecule has 1 saturated carbocycles. The molecular formula is C18H27BN2O2. The smallest absolute Gasteiger partial charge is 0.399 e. The summed E-state index contributed by atoms with van der Waals surface area (Å²) in [5.41, 5.74) is 1.86. The first-order valence-electron chi connectivity index (χ1n) is 8.98. The van der Waals surface area contributed by atoms with Crippen LogP contribution in [0.25, 0.3) is 0 Å². The number of anilines is 1. The first-order chi connectivity index (χ1) is 10.9. The summed E-state index contributed by atoms with van der Waals surface area (Å²) in [7, 11) is -0.308. The maximum Gasteiger partial charge on any atom is 0.496 e. The quantitative estimate of drug-likeness (QED) is 0.804. The van der Waals surface area contributed by atoms with Crippen LogP contribution < -0.4 is 10.4 Å². The monoisotopic (exact) mass is 314 g/mol. The number of hydrogen-bond donors (Lipinski definition) is 0. The van der Waals surface area contributed by atoms with E-state index >= 15 is 0 Å². The maximum atomic E-state index is 6.19. The molecule has 0 amide bonds. The van der Waals surface area contributed by atoms with Crippen molar-refractivity contribution in [3.8, 4) is 0 Å². The molecule has 0 radical (unpaired) electrons. The molecule has 0 unspecified atom stereocenters. The van der Waals surface area contributed by atoms with Crippen molar-refractivity contribution >= 4 is 18.4 Å². The first-order valence-corrected chi connectivity index (χ1v) is 8.98. The van der Waals surface area contributed by atoms with Crippen molar-refractivity contribution in [1.82, 2.24) is 4.98 Å². The molecule has 0 atom stereocenters. The molecule has 2 aliphatic heterocycles. The van der Waals surface area contributed by atoms with Crippen molar-refractivity contribution < 1.29 is 9.31 Å². The van der Waals surface area contributed by atoms with E-state index in [2.05, 4.69) is 38.7 Å². The lowest BCUT2D eigenvalue weighted by Crippen LogP contribution is -2.41. The highest BCUT2D eigenvalue weighted by Crippen LogP contribution is 2.44. The first kappa shape index (κ1) is 15.5. The summed E-state index contributed by atoms with van der Waals surface area (Å²) in [5.74, 6) is 1.88. The van der Waals surface area contributed by atoms with E-state index in [1.165, 1.54) is 37.1 Å². The molecule has 0 aromatic carbocycles. The van der Waals surface area contributed by atoms with Crippen LogP contribution in [0.2, 0.25) is 0 Å². The van der Waals surface area contributed by atoms with Gasteiger partial charge in [0.05, 0.1) is 11.2 Å². The molecule has 0 bridgehead atoms. The van der Waals surface area contributed by atoms with Crippen LogP contribution >= 0.6 is 0 Å². The minimum absolute atomic E-state index is 0.301. The van der Waals surface area contributed by atoms with Gasteiger partial charge in [0.2, 0.25) is 0 Å². The van der Waals surface area contributed by atoms with Gasteiger partial charge >= 0.3 is 7.12 Å². The standard InChI is InChI=1S/C18H27BN2O2/c1-17(2)18(3,4)23-19(22-17)14-11-15(13-7-8-13)16(20-12-14)21-9-5-6-10-21/h11-13H,5-10H2,1-4H3. The molecule has 3 heterocycles. The summed E-state index contributed by atoms with van der Waals surface area (Å²) in [6.07, 6.45) is 7.10. The predicted octanol–water partition coefficient (Wildman–Crippen LogP) is 2.86. The Morgan fingerprint density at radius 2 is 1.70 bits per heavy atom. The summed E-state index contributed by atoms with van der Waals surface area (Å²) in [6, 6.07) is 2.29. The average molecular weight is 314 g/mol. The van der Waals surface area contributed by atoms with Gasteiger partial charge < -0.3 is 14.2 Å². The van der Waals surface area contributed by atoms with Gasteiger partial charge in [-0.1, -0.05) is 6.07 Å². The lowest BCUT2D eigenvalue weighted by Gasteiger charge is -2.32. The van der Waals surface area contributed by atoms with Gasteiger partial charge in [-0.25, -0.2) is 4.98 Å². The molecule has 1 aromatic rings. The molecule has 1 aliphatic carbocycles. The second kappa shape index (κ2) is 5.22. The van der Waals surface area contributed by atoms with Gasteiger partial charge in [-0.3, -0.25) is 0 Å². The zero-order valence-electron chi connectivity index (χ0n) is 14.8. The third kappa shape index (κ3) is 2.68. The largest absolute Gasteiger partial charge is 0.496 e. The molecule has 5 heteroatoms. The Labute approximate surface area is 139 Å². The summed E-state index contributed by atoms with van der Waals surface area (Å²) < 4.78 is 12.4. The van der Waals surface area contributed by atoms with Crippen LogP contribution in [0.4, 0.5) is 5.82 Å². The molecule has 4 rings (SSSR count). The Balaban J connectivity index is 1.64. The number of pyridine rings is 1. The third-order valence-electron chi connectivity index (χ3n) is 5.86. The molecular weight excluding hydrogens is 287 g/mol. The van der Waals surface area contributed by atoms with Gasteiger partial charge in [0.25, 0.3) is 0 Å². The summed E-state index contributed by atoms with van der Waals surface area (Å²) >= 11 is 0. The lowest BCUT2D eigenvalue weighted by molar-refractivity contribution is 0.00578. The summed E-state index contributed by atoms with van der Waals surface area (Å²) in [4.78, 5) is 7.27. The molecule has 23 heavy (non-hydrogen) atoms. The SMILES string of the molecule is CC1(C)OB(c2cnc(N3CCCC3)c(C3CC3)c2)OC1(C)C. The Hall–Kier alpha value is -1.07. The van der Waals surface area contributed by atoms with Crippen molar-refractivity contribution in [3.63, 3.8) is 0 Å². The van der Waals surface area contributed by atoms with Gasteiger partial charge in [-0.2, -0.15) is 0 Å². The van der Waals surface area contributed by atoms with E-state index in [0.29, 0.717) is 5.92 Å². The normalized spacial score (nSPS) is 26.1. The molecule has 2 saturated heterocycles. The Morgan fingerprint density at radius 1 is 1.09 bits per heavy atom. The average Bonchev–Trinajstić information content (AvgIpc) is 3.14. The highest BCUT2D eigenvalue weighted by Gasteiger charge is 2.52. The highest BCUT2D eigenvalue weighted by atomic mass is 16.7. The number of aromatic nitrogens is 1. The lowest BCUT2D eigenvalue weighted by atomic mass is 9.79. The van der Waals surface area contributed by atoms with Crippen LogP contribution in [-0.2, 0) is 9.31 Å². The van der Waals surface area contributed by atoms with Crippen molar-refractivity contribution in [3.05, 3.63) is 17.8 Å². The van der Waals surface area contributed by atoms with Crippen molar-refractivity contribution in [2.75, 3.05) is 18.0 Å². The zero-order valence-corrected chi connectivity index (χ0v) is 14.8. The topological polar surface area (TPSA) is 34.6 Å². The second-order valence-corrected chi connectivity index (χ2v) is 8.24. The van der Waals surface area contributed by atoms with E-state index in [0.717, 1.165) is 18.6 Å². The Kier molecular flexibility index (Phi) is 3.51. The fourth-order valence-electron chi connectivity index (χ4n) is 3.49. The van der Waals surface area contributed by atoms with E-state index in [1.54, 1.807) is 0 Å². The van der Waals surface area contributed by atoms with E-state index < -0.39 is 0 Å². The fourth-order valence-corrected chi connectivity index (χ4v) is 3.49. The minimum Gasteiger partial charge on any atom is -0.399 e. The zero-order chi connectivity index (χ0) is 16.2.